The summed E-state index contributed by atoms with van der Waals surface area (Å²) in [6.45, 7) is 2.54. The van der Waals surface area contributed by atoms with E-state index in [0.29, 0.717) is 11.6 Å². The number of ether oxygens (including phenoxy) is 1. The van der Waals surface area contributed by atoms with E-state index in [1.54, 1.807) is 6.07 Å². The predicted octanol–water partition coefficient (Wildman–Crippen LogP) is 2.59. The third-order valence-electron chi connectivity index (χ3n) is 1.97. The quantitative estimate of drug-likeness (QED) is 0.799. The number of thiophene rings is 1. The van der Waals surface area contributed by atoms with Crippen molar-refractivity contribution >= 4 is 26.4 Å². The lowest BCUT2D eigenvalue weighted by Gasteiger charge is -2.01. The van der Waals surface area contributed by atoms with Gasteiger partial charge in [-0.25, -0.2) is 0 Å². The zero-order valence-corrected chi connectivity index (χ0v) is 8.60. The van der Waals surface area contributed by atoms with E-state index in [-0.39, 0.29) is 5.75 Å². The van der Waals surface area contributed by atoms with E-state index in [9.17, 15) is 5.11 Å². The fourth-order valence-electron chi connectivity index (χ4n) is 1.34. The second kappa shape index (κ2) is 3.38. The minimum absolute atomic E-state index is 0.159. The van der Waals surface area contributed by atoms with Gasteiger partial charge in [-0.1, -0.05) is 0 Å². The largest absolute Gasteiger partial charge is 0.504 e. The van der Waals surface area contributed by atoms with E-state index in [0.717, 1.165) is 15.8 Å². The molecule has 0 atom stereocenters. The lowest BCUT2D eigenvalue weighted by atomic mass is 10.2. The SMILES string of the molecule is CCOc1ccc2sc(N)c(O)c2c1. The number of hydrogen-bond donors (Lipinski definition) is 2. The lowest BCUT2D eigenvalue weighted by molar-refractivity contribution is 0.340. The van der Waals surface area contributed by atoms with Crippen molar-refractivity contribution in [3.05, 3.63) is 18.2 Å². The topological polar surface area (TPSA) is 55.5 Å². The van der Waals surface area contributed by atoms with Gasteiger partial charge in [-0.05, 0) is 25.1 Å². The molecule has 2 aromatic rings. The average molecular weight is 209 g/mol. The summed E-state index contributed by atoms with van der Waals surface area (Å²) in [6.07, 6.45) is 0. The highest BCUT2D eigenvalue weighted by atomic mass is 32.1. The Morgan fingerprint density at radius 1 is 1.50 bits per heavy atom. The van der Waals surface area contributed by atoms with Crippen LogP contribution in [-0.4, -0.2) is 11.7 Å². The van der Waals surface area contributed by atoms with E-state index in [1.807, 2.05) is 19.1 Å². The van der Waals surface area contributed by atoms with Gasteiger partial charge in [0.2, 0.25) is 0 Å². The first-order valence-electron chi connectivity index (χ1n) is 4.36. The monoisotopic (exact) mass is 209 g/mol. The third kappa shape index (κ3) is 1.37. The maximum atomic E-state index is 9.62. The molecule has 0 aliphatic heterocycles. The Kier molecular flexibility index (Phi) is 2.21. The minimum Gasteiger partial charge on any atom is -0.504 e. The van der Waals surface area contributed by atoms with Gasteiger partial charge in [0, 0.05) is 10.1 Å². The standard InChI is InChI=1S/C10H11NO2S/c1-2-13-6-3-4-8-7(5-6)9(12)10(11)14-8/h3-5,12H,2,11H2,1H3. The van der Waals surface area contributed by atoms with E-state index in [1.165, 1.54) is 11.3 Å². The van der Waals surface area contributed by atoms with Crippen LogP contribution in [0.15, 0.2) is 18.2 Å². The van der Waals surface area contributed by atoms with Gasteiger partial charge in [-0.2, -0.15) is 0 Å². The van der Waals surface area contributed by atoms with Crippen LogP contribution in [0.3, 0.4) is 0 Å². The first kappa shape index (κ1) is 9.15. The summed E-state index contributed by atoms with van der Waals surface area (Å²) in [5, 5.41) is 10.8. The number of rotatable bonds is 2. The number of anilines is 1. The molecule has 1 aromatic carbocycles. The van der Waals surface area contributed by atoms with E-state index >= 15 is 0 Å². The van der Waals surface area contributed by atoms with Crippen molar-refractivity contribution in [1.82, 2.24) is 0 Å². The molecule has 74 valence electrons. The summed E-state index contributed by atoms with van der Waals surface area (Å²) in [6, 6.07) is 5.59. The summed E-state index contributed by atoms with van der Waals surface area (Å²) in [4.78, 5) is 0. The molecule has 0 spiro atoms. The van der Waals surface area contributed by atoms with Crippen LogP contribution >= 0.6 is 11.3 Å². The summed E-state index contributed by atoms with van der Waals surface area (Å²) in [7, 11) is 0. The zero-order valence-electron chi connectivity index (χ0n) is 7.78. The van der Waals surface area contributed by atoms with Crippen LogP contribution < -0.4 is 10.5 Å². The molecule has 0 radical (unpaired) electrons. The molecular formula is C10H11NO2S. The Bertz CT molecular complexity index is 464. The van der Waals surface area contributed by atoms with Crippen molar-refractivity contribution in [1.29, 1.82) is 0 Å². The van der Waals surface area contributed by atoms with Crippen molar-refractivity contribution < 1.29 is 9.84 Å². The lowest BCUT2D eigenvalue weighted by Crippen LogP contribution is -1.89. The summed E-state index contributed by atoms with van der Waals surface area (Å²) >= 11 is 1.38. The molecule has 0 aliphatic carbocycles. The maximum absolute atomic E-state index is 9.62. The summed E-state index contributed by atoms with van der Waals surface area (Å²) in [5.41, 5.74) is 5.60. The number of fused-ring (bicyclic) bond motifs is 1. The molecule has 0 amide bonds. The minimum atomic E-state index is 0.159. The predicted molar refractivity (Wildman–Crippen MR) is 59.1 cm³/mol. The zero-order chi connectivity index (χ0) is 10.1. The third-order valence-corrected chi connectivity index (χ3v) is 2.96. The van der Waals surface area contributed by atoms with Crippen LogP contribution in [-0.2, 0) is 0 Å². The molecule has 2 rings (SSSR count). The molecule has 3 nitrogen and oxygen atoms in total. The normalized spacial score (nSPS) is 10.6. The Balaban J connectivity index is 2.58. The van der Waals surface area contributed by atoms with Gasteiger partial charge < -0.3 is 15.6 Å². The highest BCUT2D eigenvalue weighted by molar-refractivity contribution is 7.23. The van der Waals surface area contributed by atoms with Gasteiger partial charge in [-0.15, -0.1) is 11.3 Å². The molecule has 1 aromatic heterocycles. The molecule has 14 heavy (non-hydrogen) atoms. The van der Waals surface area contributed by atoms with Gasteiger partial charge >= 0.3 is 0 Å². The Hall–Kier alpha value is -1.42. The van der Waals surface area contributed by atoms with Crippen LogP contribution in [0.1, 0.15) is 6.92 Å². The van der Waals surface area contributed by atoms with Gasteiger partial charge in [0.1, 0.15) is 10.8 Å². The Morgan fingerprint density at radius 2 is 2.29 bits per heavy atom. The summed E-state index contributed by atoms with van der Waals surface area (Å²) in [5.74, 6) is 0.916. The molecule has 3 N–H and O–H groups in total. The molecular weight excluding hydrogens is 198 g/mol. The first-order valence-corrected chi connectivity index (χ1v) is 5.17. The first-order chi connectivity index (χ1) is 6.72. The maximum Gasteiger partial charge on any atom is 0.157 e. The molecule has 0 unspecified atom stereocenters. The smallest absolute Gasteiger partial charge is 0.157 e. The van der Waals surface area contributed by atoms with Gasteiger partial charge in [0.05, 0.1) is 6.61 Å². The fourth-order valence-corrected chi connectivity index (χ4v) is 2.18. The number of hydrogen-bond acceptors (Lipinski definition) is 4. The Labute approximate surface area is 85.7 Å². The van der Waals surface area contributed by atoms with Crippen molar-refractivity contribution in [3.8, 4) is 11.5 Å². The number of benzene rings is 1. The molecule has 0 saturated heterocycles. The van der Waals surface area contributed by atoms with Gasteiger partial charge in [0.25, 0.3) is 0 Å². The second-order valence-electron chi connectivity index (χ2n) is 2.91. The molecule has 1 heterocycles. The summed E-state index contributed by atoms with van der Waals surface area (Å²) < 4.78 is 6.31. The highest BCUT2D eigenvalue weighted by Gasteiger charge is 2.08. The van der Waals surface area contributed by atoms with Crippen LogP contribution in [0, 0.1) is 0 Å². The fraction of sp³-hybridized carbons (Fsp3) is 0.200. The molecule has 4 heteroatoms. The van der Waals surface area contributed by atoms with Crippen molar-refractivity contribution in [2.24, 2.45) is 0 Å². The van der Waals surface area contributed by atoms with E-state index in [4.69, 9.17) is 10.5 Å². The molecule has 0 bridgehead atoms. The van der Waals surface area contributed by atoms with Crippen LogP contribution in [0.2, 0.25) is 0 Å². The van der Waals surface area contributed by atoms with Crippen molar-refractivity contribution in [2.75, 3.05) is 12.3 Å². The van der Waals surface area contributed by atoms with Gasteiger partial charge in [0.15, 0.2) is 5.75 Å². The van der Waals surface area contributed by atoms with Crippen LogP contribution in [0.4, 0.5) is 5.00 Å². The average Bonchev–Trinajstić information content (AvgIpc) is 2.45. The highest BCUT2D eigenvalue weighted by Crippen LogP contribution is 2.40. The number of aromatic hydroxyl groups is 1. The second-order valence-corrected chi connectivity index (χ2v) is 3.99. The van der Waals surface area contributed by atoms with E-state index < -0.39 is 0 Å². The van der Waals surface area contributed by atoms with Gasteiger partial charge in [-0.3, -0.25) is 0 Å². The van der Waals surface area contributed by atoms with Crippen LogP contribution in [0.5, 0.6) is 11.5 Å². The number of nitrogen functional groups attached to an aromatic ring is 1. The molecule has 0 saturated carbocycles. The van der Waals surface area contributed by atoms with E-state index in [2.05, 4.69) is 0 Å². The van der Waals surface area contributed by atoms with Crippen molar-refractivity contribution in [2.45, 2.75) is 6.92 Å². The Morgan fingerprint density at radius 3 is 3.00 bits per heavy atom. The van der Waals surface area contributed by atoms with Crippen molar-refractivity contribution in [3.63, 3.8) is 0 Å². The molecule has 0 fully saturated rings. The van der Waals surface area contributed by atoms with Crippen LogP contribution in [0.25, 0.3) is 10.1 Å². The molecule has 0 aliphatic rings. The number of nitrogens with two attached hydrogens (primary N) is 1.